The van der Waals surface area contributed by atoms with E-state index in [0.717, 1.165) is 48.9 Å². The van der Waals surface area contributed by atoms with E-state index < -0.39 is 0 Å². The number of hydrogen-bond donors (Lipinski definition) is 0. The highest BCUT2D eigenvalue weighted by Crippen LogP contribution is 2.53. The molecule has 0 aromatic rings. The smallest absolute Gasteiger partial charge is 0.306 e. The summed E-state index contributed by atoms with van der Waals surface area (Å²) in [7, 11) is 0. The average molecular weight is 433 g/mol. The van der Waals surface area contributed by atoms with Gasteiger partial charge in [-0.05, 0) is 81.0 Å². The standard InChI is InChI=1S/C29H52O2/c1-3-5-7-9-11-13-23-15-19-27-24(21-23)16-17-25-22-26(18-20-28(25)27)31-29(30)14-12-10-8-6-4-2/h23-28H,3-22H2,1-2H3/t23-,24?,25?,26-,27?,28?/m0/s1. The van der Waals surface area contributed by atoms with Crippen molar-refractivity contribution in [2.45, 2.75) is 148 Å². The first kappa shape index (κ1) is 25.1. The number of fused-ring (bicyclic) bond motifs is 3. The summed E-state index contributed by atoms with van der Waals surface area (Å²) < 4.78 is 5.93. The number of ether oxygens (including phenoxy) is 1. The molecule has 3 rings (SSSR count). The van der Waals surface area contributed by atoms with Crippen LogP contribution < -0.4 is 0 Å². The number of unbranched alkanes of at least 4 members (excludes halogenated alkanes) is 8. The Kier molecular flexibility index (Phi) is 11.2. The third-order valence-electron chi connectivity index (χ3n) is 9.10. The third kappa shape index (κ3) is 8.08. The molecule has 0 amide bonds. The van der Waals surface area contributed by atoms with E-state index in [-0.39, 0.29) is 12.1 Å². The van der Waals surface area contributed by atoms with Crippen LogP contribution in [0.5, 0.6) is 0 Å². The second kappa shape index (κ2) is 13.9. The summed E-state index contributed by atoms with van der Waals surface area (Å²) >= 11 is 0. The molecule has 2 heteroatoms. The van der Waals surface area contributed by atoms with Crippen LogP contribution in [-0.4, -0.2) is 12.1 Å². The third-order valence-corrected chi connectivity index (χ3v) is 9.10. The first-order chi connectivity index (χ1) is 15.2. The Balaban J connectivity index is 1.34. The molecule has 3 saturated carbocycles. The molecule has 0 saturated heterocycles. The van der Waals surface area contributed by atoms with E-state index in [0.29, 0.717) is 6.42 Å². The lowest BCUT2D eigenvalue weighted by Gasteiger charge is -2.50. The second-order valence-electron chi connectivity index (χ2n) is 11.4. The van der Waals surface area contributed by atoms with E-state index >= 15 is 0 Å². The molecular weight excluding hydrogens is 380 g/mol. The minimum Gasteiger partial charge on any atom is -0.462 e. The number of rotatable bonds is 13. The van der Waals surface area contributed by atoms with Crippen molar-refractivity contribution >= 4 is 5.97 Å². The van der Waals surface area contributed by atoms with Crippen molar-refractivity contribution in [2.75, 3.05) is 0 Å². The first-order valence-corrected chi connectivity index (χ1v) is 14.4. The van der Waals surface area contributed by atoms with Crippen LogP contribution in [0.15, 0.2) is 0 Å². The molecule has 3 aliphatic rings. The highest BCUT2D eigenvalue weighted by molar-refractivity contribution is 5.69. The first-order valence-electron chi connectivity index (χ1n) is 14.4. The Morgan fingerprint density at radius 3 is 2.00 bits per heavy atom. The lowest BCUT2D eigenvalue weighted by Crippen LogP contribution is -2.43. The molecule has 31 heavy (non-hydrogen) atoms. The van der Waals surface area contributed by atoms with Gasteiger partial charge in [-0.3, -0.25) is 4.79 Å². The number of carbonyl (C=O) groups excluding carboxylic acids is 1. The van der Waals surface area contributed by atoms with Crippen molar-refractivity contribution < 1.29 is 9.53 Å². The maximum atomic E-state index is 12.3. The number of carbonyl (C=O) groups is 1. The van der Waals surface area contributed by atoms with Crippen molar-refractivity contribution in [3.8, 4) is 0 Å². The minimum absolute atomic E-state index is 0.0769. The SMILES string of the molecule is CCCCCCCC(=O)O[C@H]1CCC2C(CCC3C[C@@H](CCCCCCC)CCC32)C1. The summed E-state index contributed by atoms with van der Waals surface area (Å²) in [5, 5.41) is 0. The molecule has 3 aliphatic carbocycles. The molecule has 0 aromatic heterocycles. The molecule has 6 atom stereocenters. The molecule has 0 aromatic carbocycles. The highest BCUT2D eigenvalue weighted by atomic mass is 16.5. The van der Waals surface area contributed by atoms with Gasteiger partial charge in [-0.2, -0.15) is 0 Å². The van der Waals surface area contributed by atoms with Gasteiger partial charge in [0.1, 0.15) is 6.10 Å². The van der Waals surface area contributed by atoms with Gasteiger partial charge in [0.2, 0.25) is 0 Å². The van der Waals surface area contributed by atoms with Gasteiger partial charge in [0.25, 0.3) is 0 Å². The van der Waals surface area contributed by atoms with E-state index in [1.807, 2.05) is 0 Å². The summed E-state index contributed by atoms with van der Waals surface area (Å²) in [6.07, 6.45) is 26.5. The molecule has 3 fully saturated rings. The van der Waals surface area contributed by atoms with Gasteiger partial charge >= 0.3 is 5.97 Å². The van der Waals surface area contributed by atoms with Crippen molar-refractivity contribution in [3.63, 3.8) is 0 Å². The lowest BCUT2D eigenvalue weighted by atomic mass is 9.56. The Labute approximate surface area is 193 Å². The summed E-state index contributed by atoms with van der Waals surface area (Å²) in [5.41, 5.74) is 0. The zero-order valence-corrected chi connectivity index (χ0v) is 20.9. The summed E-state index contributed by atoms with van der Waals surface area (Å²) in [4.78, 5) is 12.3. The van der Waals surface area contributed by atoms with Crippen LogP contribution in [0.1, 0.15) is 142 Å². The molecule has 0 bridgehead atoms. The Hall–Kier alpha value is -0.530. The monoisotopic (exact) mass is 432 g/mol. The average Bonchev–Trinajstić information content (AvgIpc) is 2.78. The zero-order valence-electron chi connectivity index (χ0n) is 20.9. The van der Waals surface area contributed by atoms with Crippen LogP contribution in [0, 0.1) is 29.6 Å². The maximum Gasteiger partial charge on any atom is 0.306 e. The van der Waals surface area contributed by atoms with E-state index in [1.165, 1.54) is 103 Å². The molecule has 0 N–H and O–H groups in total. The van der Waals surface area contributed by atoms with Gasteiger partial charge in [-0.1, -0.05) is 84.5 Å². The predicted molar refractivity (Wildman–Crippen MR) is 131 cm³/mol. The van der Waals surface area contributed by atoms with Gasteiger partial charge in [-0.15, -0.1) is 0 Å². The van der Waals surface area contributed by atoms with Crippen LogP contribution in [0.3, 0.4) is 0 Å². The van der Waals surface area contributed by atoms with Crippen molar-refractivity contribution in [1.82, 2.24) is 0 Å². The fourth-order valence-electron chi connectivity index (χ4n) is 7.37. The van der Waals surface area contributed by atoms with E-state index in [1.54, 1.807) is 0 Å². The maximum absolute atomic E-state index is 12.3. The lowest BCUT2D eigenvalue weighted by molar-refractivity contribution is -0.153. The van der Waals surface area contributed by atoms with E-state index in [2.05, 4.69) is 13.8 Å². The molecule has 180 valence electrons. The Bertz CT molecular complexity index is 501. The number of hydrogen-bond acceptors (Lipinski definition) is 2. The van der Waals surface area contributed by atoms with Crippen LogP contribution in [0.2, 0.25) is 0 Å². The molecule has 4 unspecified atom stereocenters. The van der Waals surface area contributed by atoms with Crippen LogP contribution >= 0.6 is 0 Å². The second-order valence-corrected chi connectivity index (χ2v) is 11.4. The van der Waals surface area contributed by atoms with Crippen molar-refractivity contribution in [1.29, 1.82) is 0 Å². The van der Waals surface area contributed by atoms with Gasteiger partial charge < -0.3 is 4.74 Å². The minimum atomic E-state index is 0.0769. The molecule has 0 spiro atoms. The Morgan fingerprint density at radius 1 is 0.677 bits per heavy atom. The van der Waals surface area contributed by atoms with Crippen LogP contribution in [-0.2, 0) is 9.53 Å². The molecule has 0 aliphatic heterocycles. The van der Waals surface area contributed by atoms with Gasteiger partial charge in [0.05, 0.1) is 0 Å². The number of esters is 1. The normalized spacial score (nSPS) is 32.8. The van der Waals surface area contributed by atoms with Crippen molar-refractivity contribution in [2.24, 2.45) is 29.6 Å². The van der Waals surface area contributed by atoms with Gasteiger partial charge in [-0.25, -0.2) is 0 Å². The molecule has 0 heterocycles. The van der Waals surface area contributed by atoms with Gasteiger partial charge in [0, 0.05) is 6.42 Å². The fraction of sp³-hybridized carbons (Fsp3) is 0.966. The largest absolute Gasteiger partial charge is 0.462 e. The summed E-state index contributed by atoms with van der Waals surface area (Å²) in [6.45, 7) is 4.55. The predicted octanol–water partition coefficient (Wildman–Crippen LogP) is 8.86. The summed E-state index contributed by atoms with van der Waals surface area (Å²) in [5.74, 6) is 4.88. The quantitative estimate of drug-likeness (QED) is 0.214. The topological polar surface area (TPSA) is 26.3 Å². The van der Waals surface area contributed by atoms with Gasteiger partial charge in [0.15, 0.2) is 0 Å². The molecule has 2 nitrogen and oxygen atoms in total. The van der Waals surface area contributed by atoms with Crippen molar-refractivity contribution in [3.05, 3.63) is 0 Å². The van der Waals surface area contributed by atoms with Crippen LogP contribution in [0.25, 0.3) is 0 Å². The van der Waals surface area contributed by atoms with E-state index in [9.17, 15) is 4.79 Å². The molecule has 0 radical (unpaired) electrons. The van der Waals surface area contributed by atoms with E-state index in [4.69, 9.17) is 4.74 Å². The highest BCUT2D eigenvalue weighted by Gasteiger charge is 2.44. The Morgan fingerprint density at radius 2 is 1.29 bits per heavy atom. The molecular formula is C29H52O2. The zero-order chi connectivity index (χ0) is 21.9. The fourth-order valence-corrected chi connectivity index (χ4v) is 7.37. The summed E-state index contributed by atoms with van der Waals surface area (Å²) in [6, 6.07) is 0. The van der Waals surface area contributed by atoms with Crippen LogP contribution in [0.4, 0.5) is 0 Å².